The number of halogens is 22. The van der Waals surface area contributed by atoms with Crippen LogP contribution in [0.3, 0.4) is 0 Å². The molecular weight excluding hydrogens is 981 g/mol. The van der Waals surface area contributed by atoms with Crippen molar-refractivity contribution in [2.45, 2.75) is 7.43 Å². The minimum atomic E-state index is -6.84. The summed E-state index contributed by atoms with van der Waals surface area (Å²) < 4.78 is 313. The molecule has 5 rings (SSSR count). The van der Waals surface area contributed by atoms with Gasteiger partial charge in [-0.2, -0.15) is 0 Å². The van der Waals surface area contributed by atoms with Crippen LogP contribution in [0.15, 0.2) is 30.8 Å². The van der Waals surface area contributed by atoms with Gasteiger partial charge in [0.25, 0.3) is 0 Å². The summed E-state index contributed by atoms with van der Waals surface area (Å²) >= 11 is 2.38. The Labute approximate surface area is 371 Å². The maximum atomic E-state index is 16.0. The third-order valence-electron chi connectivity index (χ3n) is 9.03. The van der Waals surface area contributed by atoms with Crippen LogP contribution in [0.1, 0.15) is 29.7 Å². The van der Waals surface area contributed by atoms with Crippen LogP contribution in [-0.4, -0.2) is 6.15 Å². The predicted octanol–water partition coefficient (Wildman–Crippen LogP) is 8.65. The average Bonchev–Trinajstić information content (AvgIpc) is 3.22. The van der Waals surface area contributed by atoms with E-state index in [1.807, 2.05) is 0 Å². The van der Waals surface area contributed by atoms with Crippen LogP contribution < -0.4 is 51.4 Å². The van der Waals surface area contributed by atoms with E-state index in [0.717, 1.165) is 0 Å². The summed E-state index contributed by atoms with van der Waals surface area (Å²) in [4.78, 5) is 0. The summed E-state index contributed by atoms with van der Waals surface area (Å²) in [5.41, 5.74) is -19.3. The van der Waals surface area contributed by atoms with Gasteiger partial charge in [-0.05, 0) is 15.9 Å². The zero-order valence-corrected chi connectivity index (χ0v) is 33.6. The molecule has 0 atom stereocenters. The van der Waals surface area contributed by atoms with Crippen molar-refractivity contribution in [3.05, 3.63) is 175 Å². The van der Waals surface area contributed by atoms with Crippen LogP contribution in [0.5, 0.6) is 0 Å². The third kappa shape index (κ3) is 8.02. The van der Waals surface area contributed by atoms with E-state index in [4.69, 9.17) is 0 Å². The molecular formula is C39H16BBrF21Na. The molecule has 0 N–H and O–H groups in total. The van der Waals surface area contributed by atoms with Crippen LogP contribution in [0.25, 0.3) is 24.3 Å². The van der Waals surface area contributed by atoms with Crippen molar-refractivity contribution in [1.82, 2.24) is 0 Å². The SMILES string of the molecule is C.C=Cc1c(F)c(F)c(Br)c(F)c1F.C=Cc1c(F)c(F)c([B-](c2c(F)c(F)c(F)c(F)c2F)(c2c(F)c(F)c(C=C)c(F)c2F)c2c(F)c(F)c(C=C)c(F)c2F)c(F)c1F.[Na+]. The minimum Gasteiger partial charge on any atom is -0.207 e. The predicted molar refractivity (Wildman–Crippen MR) is 190 cm³/mol. The van der Waals surface area contributed by atoms with Crippen molar-refractivity contribution >= 4 is 68.2 Å². The van der Waals surface area contributed by atoms with Crippen LogP contribution in [0.4, 0.5) is 92.2 Å². The molecule has 0 spiro atoms. The van der Waals surface area contributed by atoms with Gasteiger partial charge in [-0.15, -0.1) is 21.9 Å². The van der Waals surface area contributed by atoms with Gasteiger partial charge >= 0.3 is 29.6 Å². The quantitative estimate of drug-likeness (QED) is 0.0633. The average molecular weight is 997 g/mol. The first-order valence-corrected chi connectivity index (χ1v) is 16.4. The first-order valence-electron chi connectivity index (χ1n) is 15.6. The molecule has 24 heteroatoms. The molecule has 0 saturated carbocycles. The third-order valence-corrected chi connectivity index (χ3v) is 9.73. The number of hydrogen-bond acceptors (Lipinski definition) is 0. The van der Waals surface area contributed by atoms with Gasteiger partial charge in [0.2, 0.25) is 0 Å². The van der Waals surface area contributed by atoms with Crippen LogP contribution in [0, 0.1) is 122 Å². The Hall–Kier alpha value is -4.87. The van der Waals surface area contributed by atoms with Crippen molar-refractivity contribution in [2.75, 3.05) is 0 Å². The van der Waals surface area contributed by atoms with E-state index in [0.29, 0.717) is 6.08 Å². The fourth-order valence-electron chi connectivity index (χ4n) is 6.34. The molecule has 0 aliphatic carbocycles. The fraction of sp³-hybridized carbons (Fsp3) is 0.0256. The Morgan fingerprint density at radius 1 is 0.270 bits per heavy atom. The van der Waals surface area contributed by atoms with Gasteiger partial charge in [-0.1, -0.05) is 58.0 Å². The number of hydrogen-bond donors (Lipinski definition) is 0. The summed E-state index contributed by atoms with van der Waals surface area (Å²) in [5, 5.41) is 0. The van der Waals surface area contributed by atoms with Crippen molar-refractivity contribution in [3.63, 3.8) is 0 Å². The Balaban J connectivity index is 0.000000781. The molecule has 0 aliphatic rings. The Bertz CT molecular complexity index is 2440. The Morgan fingerprint density at radius 3 is 0.587 bits per heavy atom. The molecule has 0 aromatic heterocycles. The molecule has 0 saturated heterocycles. The van der Waals surface area contributed by atoms with E-state index in [-0.39, 0.29) is 55.2 Å². The van der Waals surface area contributed by atoms with Gasteiger partial charge in [0.15, 0.2) is 75.6 Å². The standard InChI is InChI=1S/C30H9BF17.C8H3BrF4.CH4.Na/c1-4-7-14(32)20(38)10(21(39)15(7)33)31(13-26(44)28(46)30(48)29(47)27(13)45,11-22(40)16(34)8(5-2)17(35)23(11)41)12-24(42)18(36)9(6-3)19(37)25(12)43;1-2-3-5(10)7(12)4(9)8(13)6(3)11;;/h4-6H,1-3H2;2H,1H2;1H4;/q-1;;;+1. The zero-order valence-electron chi connectivity index (χ0n) is 30.0. The van der Waals surface area contributed by atoms with E-state index in [9.17, 15) is 30.7 Å². The maximum Gasteiger partial charge on any atom is 1.00 e. The van der Waals surface area contributed by atoms with E-state index >= 15 is 61.5 Å². The van der Waals surface area contributed by atoms with E-state index in [1.54, 1.807) is 0 Å². The molecule has 0 bridgehead atoms. The monoisotopic (exact) mass is 996 g/mol. The summed E-state index contributed by atoms with van der Waals surface area (Å²) in [6.07, 6.45) is -6.19. The molecule has 330 valence electrons. The molecule has 0 amide bonds. The van der Waals surface area contributed by atoms with Gasteiger partial charge in [-0.25, -0.2) is 92.2 Å². The van der Waals surface area contributed by atoms with Crippen LogP contribution in [0.2, 0.25) is 0 Å². The normalized spacial score (nSPS) is 11.0. The van der Waals surface area contributed by atoms with E-state index in [1.165, 1.54) is 0 Å². The molecule has 5 aromatic carbocycles. The molecule has 0 nitrogen and oxygen atoms in total. The second kappa shape index (κ2) is 19.9. The molecule has 63 heavy (non-hydrogen) atoms. The summed E-state index contributed by atoms with van der Waals surface area (Å²) in [6.45, 7) is 11.4. The Kier molecular flexibility index (Phi) is 17.1. The minimum absolute atomic E-state index is 0. The summed E-state index contributed by atoms with van der Waals surface area (Å²) in [6, 6.07) is 0. The van der Waals surface area contributed by atoms with Crippen LogP contribution >= 0.6 is 15.9 Å². The van der Waals surface area contributed by atoms with Crippen molar-refractivity contribution in [3.8, 4) is 0 Å². The molecule has 0 radical (unpaired) electrons. The van der Waals surface area contributed by atoms with Gasteiger partial charge < -0.3 is 0 Å². The van der Waals surface area contributed by atoms with Crippen molar-refractivity contribution in [2.24, 2.45) is 0 Å². The van der Waals surface area contributed by atoms with Crippen LogP contribution in [-0.2, 0) is 0 Å². The van der Waals surface area contributed by atoms with Gasteiger partial charge in [-0.3, -0.25) is 0 Å². The topological polar surface area (TPSA) is 0 Å². The molecule has 0 fully saturated rings. The molecule has 0 unspecified atom stereocenters. The number of rotatable bonds is 8. The molecule has 0 aliphatic heterocycles. The Morgan fingerprint density at radius 2 is 0.413 bits per heavy atom. The fourth-order valence-corrected chi connectivity index (χ4v) is 6.69. The summed E-state index contributed by atoms with van der Waals surface area (Å²) in [7, 11) is 0. The largest absolute Gasteiger partial charge is 1.00 e. The first-order chi connectivity index (χ1) is 28.3. The van der Waals surface area contributed by atoms with Gasteiger partial charge in [0, 0.05) is 0 Å². The van der Waals surface area contributed by atoms with E-state index in [2.05, 4.69) is 42.2 Å². The van der Waals surface area contributed by atoms with Crippen molar-refractivity contribution < 1.29 is 122 Å². The first kappa shape index (κ1) is 54.3. The van der Waals surface area contributed by atoms with Gasteiger partial charge in [0.1, 0.15) is 52.7 Å². The number of benzene rings is 5. The van der Waals surface area contributed by atoms with E-state index < -0.39 is 177 Å². The second-order valence-electron chi connectivity index (χ2n) is 11.9. The van der Waals surface area contributed by atoms with Crippen molar-refractivity contribution in [1.29, 1.82) is 0 Å². The maximum absolute atomic E-state index is 16.0. The van der Waals surface area contributed by atoms with Gasteiger partial charge in [0.05, 0.1) is 26.7 Å². The molecule has 5 aromatic rings. The second-order valence-corrected chi connectivity index (χ2v) is 12.7. The zero-order chi connectivity index (χ0) is 46.6. The smallest absolute Gasteiger partial charge is 0.207 e. The molecule has 0 heterocycles. The summed E-state index contributed by atoms with van der Waals surface area (Å²) in [5.74, 6) is -59.2.